The molecule has 0 bridgehead atoms. The van der Waals surface area contributed by atoms with Gasteiger partial charge in [-0.15, -0.1) is 23.2 Å². The van der Waals surface area contributed by atoms with Crippen molar-refractivity contribution in [3.05, 3.63) is 129 Å². The van der Waals surface area contributed by atoms with E-state index in [4.69, 9.17) is 27.9 Å². The number of carbonyl (C=O) groups excluding carboxylic acids is 2. The third-order valence-electron chi connectivity index (χ3n) is 12.0. The summed E-state index contributed by atoms with van der Waals surface area (Å²) in [4.78, 5) is 39.4. The summed E-state index contributed by atoms with van der Waals surface area (Å²) in [6, 6.07) is 26.4. The minimum atomic E-state index is -0.125. The number of aryl methyl sites for hydroxylation is 2. The first-order chi connectivity index (χ1) is 28.5. The number of phenolic OH excluding ortho intramolecular Hbond substituents is 2. The first-order valence-corrected chi connectivity index (χ1v) is 20.7. The largest absolute Gasteiger partial charge is 0.507 e. The minimum absolute atomic E-state index is 0.00218. The lowest BCUT2D eigenvalue weighted by molar-refractivity contribution is 0.0980. The van der Waals surface area contributed by atoms with Crippen LogP contribution in [0.3, 0.4) is 0 Å². The highest BCUT2D eigenvalue weighted by Gasteiger charge is 2.37. The number of methoxy groups -OCH3 is 1. The molecule has 2 N–H and O–H groups in total. The van der Waals surface area contributed by atoms with Gasteiger partial charge >= 0.3 is 0 Å². The van der Waals surface area contributed by atoms with Gasteiger partial charge in [-0.05, 0) is 89.2 Å². The second-order valence-corrected chi connectivity index (χ2v) is 16.4. The van der Waals surface area contributed by atoms with E-state index in [9.17, 15) is 19.8 Å². The molecule has 0 radical (unpaired) electrons. The molecular formula is C48H42Cl2N4O5. The van der Waals surface area contributed by atoms with E-state index < -0.39 is 0 Å². The lowest BCUT2D eigenvalue weighted by Crippen LogP contribution is -2.30. The molecule has 0 aliphatic carbocycles. The average molecular weight is 826 g/mol. The highest BCUT2D eigenvalue weighted by molar-refractivity contribution is 6.20. The van der Waals surface area contributed by atoms with Crippen molar-refractivity contribution in [3.8, 4) is 11.5 Å². The number of amides is 2. The summed E-state index contributed by atoms with van der Waals surface area (Å²) in [7, 11) is 1.60. The Kier molecular flexibility index (Phi) is 9.84. The average Bonchev–Trinajstić information content (AvgIpc) is 4.02. The Labute approximate surface area is 352 Å². The number of fused-ring (bicyclic) bond motifs is 8. The van der Waals surface area contributed by atoms with Crippen LogP contribution in [0.15, 0.2) is 94.9 Å². The summed E-state index contributed by atoms with van der Waals surface area (Å²) < 4.78 is 5.25. The van der Waals surface area contributed by atoms with Gasteiger partial charge in [-0.25, -0.2) is 4.99 Å². The summed E-state index contributed by atoms with van der Waals surface area (Å²) in [5, 5.41) is 24.9. The van der Waals surface area contributed by atoms with Gasteiger partial charge in [-0.2, -0.15) is 0 Å². The third kappa shape index (κ3) is 6.48. The van der Waals surface area contributed by atoms with Crippen LogP contribution in [0.5, 0.6) is 11.5 Å². The molecule has 10 rings (SSSR count). The van der Waals surface area contributed by atoms with Gasteiger partial charge in [0.15, 0.2) is 5.90 Å². The van der Waals surface area contributed by atoms with Crippen molar-refractivity contribution >= 4 is 90.9 Å². The number of nitrogens with zero attached hydrogens (tertiary/aromatic N) is 4. The van der Waals surface area contributed by atoms with Crippen LogP contribution in [-0.4, -0.2) is 65.6 Å². The van der Waals surface area contributed by atoms with Gasteiger partial charge in [0.05, 0.1) is 36.3 Å². The Morgan fingerprint density at radius 1 is 0.678 bits per heavy atom. The van der Waals surface area contributed by atoms with Crippen molar-refractivity contribution in [2.24, 2.45) is 9.98 Å². The number of halogens is 2. The van der Waals surface area contributed by atoms with E-state index in [1.54, 1.807) is 29.0 Å². The maximum absolute atomic E-state index is 13.5. The van der Waals surface area contributed by atoms with E-state index in [1.165, 1.54) is 0 Å². The smallest absolute Gasteiger partial charge is 0.258 e. The van der Waals surface area contributed by atoms with Crippen molar-refractivity contribution < 1.29 is 24.5 Å². The van der Waals surface area contributed by atoms with Crippen molar-refractivity contribution in [3.63, 3.8) is 0 Å². The van der Waals surface area contributed by atoms with E-state index in [2.05, 4.69) is 9.98 Å². The summed E-state index contributed by atoms with van der Waals surface area (Å²) in [6.07, 6.45) is 1.48. The Bertz CT molecular complexity index is 2830. The number of hydrogen-bond acceptors (Lipinski definition) is 7. The molecule has 9 nitrogen and oxygen atoms in total. The predicted octanol–water partition coefficient (Wildman–Crippen LogP) is 10.6. The highest BCUT2D eigenvalue weighted by atomic mass is 35.5. The molecule has 2 atom stereocenters. The molecule has 0 spiro atoms. The number of carbonyl (C=O) groups is 2. The van der Waals surface area contributed by atoms with E-state index in [0.29, 0.717) is 48.3 Å². The van der Waals surface area contributed by atoms with Gasteiger partial charge < -0.3 is 24.7 Å². The van der Waals surface area contributed by atoms with Gasteiger partial charge in [0.1, 0.15) is 11.5 Å². The number of aromatic hydroxyl groups is 2. The molecule has 0 aromatic heterocycles. The van der Waals surface area contributed by atoms with Crippen LogP contribution >= 0.6 is 23.2 Å². The molecule has 298 valence electrons. The summed E-state index contributed by atoms with van der Waals surface area (Å²) in [6.45, 7) is 7.03. The fraction of sp³-hybridized carbons (Fsp3) is 0.250. The van der Waals surface area contributed by atoms with Gasteiger partial charge in [-0.1, -0.05) is 48.5 Å². The Morgan fingerprint density at radius 3 is 1.63 bits per heavy atom. The summed E-state index contributed by atoms with van der Waals surface area (Å²) >= 11 is 12.6. The van der Waals surface area contributed by atoms with Crippen LogP contribution in [0.4, 0.5) is 22.7 Å². The van der Waals surface area contributed by atoms with Crippen LogP contribution in [0, 0.1) is 13.8 Å². The van der Waals surface area contributed by atoms with E-state index in [0.717, 1.165) is 89.8 Å². The SMILES string of the molecule is CC1=Nc2cc(C(=O)N3C[C@@H](CCl)c4c3cc(O)c3cccc(C)c43)ccc2C1.COC1=Nc2cc(C(=O)N3C[C@@H](CCl)c4c3cc(O)c3cccc(C)c43)ccc2C1. The second kappa shape index (κ2) is 15.0. The molecule has 4 aliphatic rings. The van der Waals surface area contributed by atoms with Crippen LogP contribution in [0.25, 0.3) is 21.5 Å². The van der Waals surface area contributed by atoms with Crippen molar-refractivity contribution in [1.82, 2.24) is 0 Å². The number of aliphatic imine (C=N–C) groups is 2. The monoisotopic (exact) mass is 824 g/mol. The van der Waals surface area contributed by atoms with Crippen LogP contribution < -0.4 is 9.80 Å². The number of benzene rings is 6. The Balaban J connectivity index is 0.000000152. The maximum atomic E-state index is 13.5. The maximum Gasteiger partial charge on any atom is 0.258 e. The van der Waals surface area contributed by atoms with Gasteiger partial charge in [-0.3, -0.25) is 14.6 Å². The van der Waals surface area contributed by atoms with Crippen molar-refractivity contribution in [1.29, 1.82) is 0 Å². The zero-order valence-electron chi connectivity index (χ0n) is 33.1. The second-order valence-electron chi connectivity index (χ2n) is 15.8. The van der Waals surface area contributed by atoms with Crippen molar-refractivity contribution in [2.75, 3.05) is 41.8 Å². The fourth-order valence-electron chi connectivity index (χ4n) is 9.22. The molecule has 0 fully saturated rings. The van der Waals surface area contributed by atoms with Gasteiger partial charge in [0, 0.05) is 82.8 Å². The predicted molar refractivity (Wildman–Crippen MR) is 238 cm³/mol. The quantitative estimate of drug-likeness (QED) is 0.172. The molecule has 59 heavy (non-hydrogen) atoms. The highest BCUT2D eigenvalue weighted by Crippen LogP contribution is 2.48. The number of ether oxygens (including phenoxy) is 1. The molecule has 6 aromatic rings. The normalized spacial score (nSPS) is 17.3. The summed E-state index contributed by atoms with van der Waals surface area (Å²) in [5.74, 6) is 1.63. The number of hydrogen-bond donors (Lipinski definition) is 2. The topological polar surface area (TPSA) is 115 Å². The molecule has 0 saturated heterocycles. The molecule has 2 amide bonds. The van der Waals surface area contributed by atoms with Gasteiger partial charge in [0.2, 0.25) is 0 Å². The minimum Gasteiger partial charge on any atom is -0.507 e. The van der Waals surface area contributed by atoms with Crippen LogP contribution in [0.1, 0.15) is 72.9 Å². The Hall–Kier alpha value is -5.90. The van der Waals surface area contributed by atoms with E-state index in [1.807, 2.05) is 93.6 Å². The molecular weight excluding hydrogens is 783 g/mol. The van der Waals surface area contributed by atoms with Crippen LogP contribution in [0.2, 0.25) is 0 Å². The summed E-state index contributed by atoms with van der Waals surface area (Å²) in [5.41, 5.74) is 11.7. The number of rotatable bonds is 4. The standard InChI is InChI=1S/C24H21ClN2O3.C24H21ClN2O2/c1-13-4-3-5-17-20(28)10-19-23(22(13)17)16(11-25)12-27(19)24(29)15-7-6-14-9-21(30-2)26-18(14)8-15;1-13-4-3-5-18-21(28)10-20-23(22(13)18)17(11-25)12-27(20)24(29)16-7-6-15-8-14(2)26-19(15)9-16/h3-8,10,16,28H,9,11-12H2,1-2H3;3-7,9-10,17,28H,8,11-12H2,1-2H3/t16-;17-/m11/s1. The number of phenols is 2. The Morgan fingerprint density at radius 2 is 1.15 bits per heavy atom. The first kappa shape index (κ1) is 38.6. The van der Waals surface area contributed by atoms with E-state index >= 15 is 0 Å². The first-order valence-electron chi connectivity index (χ1n) is 19.7. The molecule has 4 aliphatic heterocycles. The van der Waals surface area contributed by atoms with E-state index in [-0.39, 0.29) is 35.1 Å². The lowest BCUT2D eigenvalue weighted by atomic mass is 9.92. The third-order valence-corrected chi connectivity index (χ3v) is 12.8. The molecule has 6 aromatic carbocycles. The number of anilines is 2. The van der Waals surface area contributed by atoms with Crippen molar-refractivity contribution in [2.45, 2.75) is 45.4 Å². The molecule has 11 heteroatoms. The molecule has 4 heterocycles. The van der Waals surface area contributed by atoms with Gasteiger partial charge in [0.25, 0.3) is 11.8 Å². The zero-order valence-corrected chi connectivity index (χ0v) is 34.7. The fourth-order valence-corrected chi connectivity index (χ4v) is 9.73. The lowest BCUT2D eigenvalue weighted by Gasteiger charge is -2.19. The molecule has 0 unspecified atom stereocenters. The van der Waals surface area contributed by atoms with Crippen LogP contribution in [-0.2, 0) is 17.6 Å². The number of alkyl halides is 2. The molecule has 0 saturated carbocycles. The zero-order chi connectivity index (χ0) is 41.3.